The zero-order valence-electron chi connectivity index (χ0n) is 12.2. The number of hydrogen-bond acceptors (Lipinski definition) is 5. The van der Waals surface area contributed by atoms with Crippen molar-refractivity contribution >= 4 is 36.6 Å². The van der Waals surface area contributed by atoms with Crippen LogP contribution < -0.4 is 4.72 Å². The van der Waals surface area contributed by atoms with Crippen molar-refractivity contribution < 1.29 is 21.4 Å². The van der Waals surface area contributed by atoms with Crippen molar-refractivity contribution in [2.24, 2.45) is 0 Å². The number of rotatable bonds is 4. The van der Waals surface area contributed by atoms with Crippen molar-refractivity contribution in [3.63, 3.8) is 0 Å². The van der Waals surface area contributed by atoms with E-state index in [9.17, 15) is 21.4 Å². The van der Waals surface area contributed by atoms with Gasteiger partial charge in [0.2, 0.25) is 0 Å². The molecular weight excluding hydrogens is 350 g/mol. The minimum atomic E-state index is -4.57. The number of nitrogens with one attached hydrogen (secondary N) is 1. The van der Waals surface area contributed by atoms with Gasteiger partial charge in [-0.2, -0.15) is 0 Å². The van der Waals surface area contributed by atoms with Gasteiger partial charge in [0.1, 0.15) is 10.1 Å². The van der Waals surface area contributed by atoms with Crippen LogP contribution in [0.1, 0.15) is 0 Å². The third-order valence-electron chi connectivity index (χ3n) is 3.43. The molecule has 3 aromatic carbocycles. The Hall–Kier alpha value is -2.42. The first kappa shape index (κ1) is 16.4. The fourth-order valence-electron chi connectivity index (χ4n) is 2.24. The highest BCUT2D eigenvalue weighted by molar-refractivity contribution is 7.92. The Kier molecular flexibility index (Phi) is 4.04. The van der Waals surface area contributed by atoms with Gasteiger partial charge in [0.05, 0.1) is 9.79 Å². The van der Waals surface area contributed by atoms with Gasteiger partial charge < -0.3 is 4.55 Å². The maximum absolute atomic E-state index is 12.4. The van der Waals surface area contributed by atoms with Gasteiger partial charge in [0, 0.05) is 5.69 Å². The average Bonchev–Trinajstić information content (AvgIpc) is 2.53. The van der Waals surface area contributed by atoms with Crippen LogP contribution in [0.5, 0.6) is 0 Å². The smallest absolute Gasteiger partial charge is 0.261 e. The summed E-state index contributed by atoms with van der Waals surface area (Å²) in [5.41, 5.74) is 0.163. The molecular formula is C16H12NO5S2-. The van der Waals surface area contributed by atoms with E-state index in [1.165, 1.54) is 18.2 Å². The largest absolute Gasteiger partial charge is 0.744 e. The highest BCUT2D eigenvalue weighted by atomic mass is 32.2. The van der Waals surface area contributed by atoms with Crippen LogP contribution in [0, 0.1) is 0 Å². The molecule has 0 fully saturated rings. The lowest BCUT2D eigenvalue weighted by molar-refractivity contribution is 0.463. The highest BCUT2D eigenvalue weighted by Crippen LogP contribution is 2.22. The quantitative estimate of drug-likeness (QED) is 0.718. The fraction of sp³-hybridized carbons (Fsp3) is 0. The van der Waals surface area contributed by atoms with Gasteiger partial charge in [-0.15, -0.1) is 0 Å². The number of anilines is 1. The monoisotopic (exact) mass is 362 g/mol. The molecule has 0 saturated carbocycles. The summed E-state index contributed by atoms with van der Waals surface area (Å²) in [6, 6.07) is 16.7. The van der Waals surface area contributed by atoms with Crippen molar-refractivity contribution in [3.05, 3.63) is 66.7 Å². The van der Waals surface area contributed by atoms with E-state index in [1.807, 2.05) is 24.3 Å². The molecule has 0 aliphatic rings. The second-order valence-electron chi connectivity index (χ2n) is 5.09. The molecule has 0 spiro atoms. The van der Waals surface area contributed by atoms with Crippen LogP contribution in [0.3, 0.4) is 0 Å². The molecule has 0 heterocycles. The molecule has 124 valence electrons. The van der Waals surface area contributed by atoms with Crippen molar-refractivity contribution in [2.75, 3.05) is 4.72 Å². The summed E-state index contributed by atoms with van der Waals surface area (Å²) in [4.78, 5) is -0.335. The minimum Gasteiger partial charge on any atom is -0.744 e. The van der Waals surface area contributed by atoms with Gasteiger partial charge in [-0.3, -0.25) is 4.72 Å². The van der Waals surface area contributed by atoms with Crippen LogP contribution in [-0.4, -0.2) is 21.4 Å². The SMILES string of the molecule is O=S(=O)([O-])c1ccc(NS(=O)(=O)c2ccc3ccccc3c2)cc1. The zero-order chi connectivity index (χ0) is 17.4. The lowest BCUT2D eigenvalue weighted by Gasteiger charge is -2.11. The maximum atomic E-state index is 12.4. The van der Waals surface area contributed by atoms with Gasteiger partial charge >= 0.3 is 0 Å². The Morgan fingerprint density at radius 3 is 1.92 bits per heavy atom. The topological polar surface area (TPSA) is 103 Å². The van der Waals surface area contributed by atoms with Crippen LogP contribution in [0.2, 0.25) is 0 Å². The van der Waals surface area contributed by atoms with Gasteiger partial charge in [-0.05, 0) is 47.2 Å². The van der Waals surface area contributed by atoms with Crippen molar-refractivity contribution in [1.29, 1.82) is 0 Å². The van der Waals surface area contributed by atoms with Crippen LogP contribution >= 0.6 is 0 Å². The first-order valence-electron chi connectivity index (χ1n) is 6.83. The number of fused-ring (bicyclic) bond motifs is 1. The Bertz CT molecular complexity index is 1100. The molecule has 8 heteroatoms. The maximum Gasteiger partial charge on any atom is 0.261 e. The van der Waals surface area contributed by atoms with Crippen molar-refractivity contribution in [3.8, 4) is 0 Å². The third kappa shape index (κ3) is 3.40. The second kappa shape index (κ2) is 5.90. The zero-order valence-corrected chi connectivity index (χ0v) is 13.8. The van der Waals surface area contributed by atoms with E-state index in [1.54, 1.807) is 12.1 Å². The summed E-state index contributed by atoms with van der Waals surface area (Å²) < 4.78 is 59.9. The third-order valence-corrected chi connectivity index (χ3v) is 5.65. The molecule has 3 rings (SSSR count). The summed E-state index contributed by atoms with van der Waals surface area (Å²) in [6.45, 7) is 0. The van der Waals surface area contributed by atoms with Crippen LogP contribution in [0.4, 0.5) is 5.69 Å². The first-order valence-corrected chi connectivity index (χ1v) is 9.72. The molecule has 3 aromatic rings. The average molecular weight is 362 g/mol. The van der Waals surface area contributed by atoms with Crippen molar-refractivity contribution in [1.82, 2.24) is 0 Å². The second-order valence-corrected chi connectivity index (χ2v) is 8.16. The molecule has 1 N–H and O–H groups in total. The molecule has 0 aliphatic heterocycles. The summed E-state index contributed by atoms with van der Waals surface area (Å²) in [6.07, 6.45) is 0. The van der Waals surface area contributed by atoms with Crippen molar-refractivity contribution in [2.45, 2.75) is 9.79 Å². The summed E-state index contributed by atoms with van der Waals surface area (Å²) in [7, 11) is -8.40. The normalized spacial score (nSPS) is 12.2. The van der Waals surface area contributed by atoms with Gasteiger partial charge in [0.15, 0.2) is 0 Å². The predicted molar refractivity (Wildman–Crippen MR) is 89.2 cm³/mol. The van der Waals surface area contributed by atoms with E-state index in [-0.39, 0.29) is 10.6 Å². The standard InChI is InChI=1S/C16H13NO5S2/c18-23(19,16-8-5-12-3-1-2-4-13(12)11-16)17-14-6-9-15(10-7-14)24(20,21)22/h1-11,17H,(H,20,21,22)/p-1. The molecule has 0 aliphatic carbocycles. The molecule has 0 unspecified atom stereocenters. The van der Waals surface area contributed by atoms with E-state index >= 15 is 0 Å². The summed E-state index contributed by atoms with van der Waals surface area (Å²) >= 11 is 0. The minimum absolute atomic E-state index is 0.0849. The van der Waals surface area contributed by atoms with Crippen LogP contribution in [0.15, 0.2) is 76.5 Å². The molecule has 0 saturated heterocycles. The van der Waals surface area contributed by atoms with Gasteiger partial charge in [0.25, 0.3) is 10.0 Å². The summed E-state index contributed by atoms with van der Waals surface area (Å²) in [5, 5.41) is 1.70. The Morgan fingerprint density at radius 2 is 1.29 bits per heavy atom. The molecule has 0 radical (unpaired) electrons. The number of hydrogen-bond donors (Lipinski definition) is 1. The molecule has 24 heavy (non-hydrogen) atoms. The Morgan fingerprint density at radius 1 is 0.708 bits per heavy atom. The van der Waals surface area contributed by atoms with E-state index in [4.69, 9.17) is 0 Å². The van der Waals surface area contributed by atoms with Gasteiger partial charge in [-0.25, -0.2) is 16.8 Å². The fourth-order valence-corrected chi connectivity index (χ4v) is 3.80. The molecule has 0 aromatic heterocycles. The Labute approximate surface area is 139 Å². The molecule has 0 atom stereocenters. The summed E-state index contributed by atoms with van der Waals surface area (Å²) in [5.74, 6) is 0. The van der Waals surface area contributed by atoms with E-state index in [2.05, 4.69) is 4.72 Å². The lowest BCUT2D eigenvalue weighted by Crippen LogP contribution is -2.13. The lowest BCUT2D eigenvalue weighted by atomic mass is 10.1. The Balaban J connectivity index is 1.92. The van der Waals surface area contributed by atoms with E-state index < -0.39 is 25.0 Å². The molecule has 0 amide bonds. The number of sulfonamides is 1. The number of benzene rings is 3. The first-order chi connectivity index (χ1) is 11.3. The van der Waals surface area contributed by atoms with Crippen LogP contribution in [0.25, 0.3) is 10.8 Å². The highest BCUT2D eigenvalue weighted by Gasteiger charge is 2.15. The predicted octanol–water partition coefficient (Wildman–Crippen LogP) is 2.54. The van der Waals surface area contributed by atoms with Gasteiger partial charge in [-0.1, -0.05) is 30.3 Å². The van der Waals surface area contributed by atoms with E-state index in [0.29, 0.717) is 0 Å². The molecule has 6 nitrogen and oxygen atoms in total. The molecule has 0 bridgehead atoms. The van der Waals surface area contributed by atoms with E-state index in [0.717, 1.165) is 22.9 Å². The van der Waals surface area contributed by atoms with Crippen LogP contribution in [-0.2, 0) is 20.1 Å².